The Bertz CT molecular complexity index is 628. The normalized spacial score (nSPS) is 14.6. The molecule has 0 aromatic heterocycles. The number of piperidine rings is 1. The lowest BCUT2D eigenvalue weighted by molar-refractivity contribution is -0.120. The summed E-state index contributed by atoms with van der Waals surface area (Å²) in [4.78, 5) is 12.4. The molecule has 1 heterocycles. The number of benzene rings is 2. The van der Waals surface area contributed by atoms with Crippen molar-refractivity contribution in [3.8, 4) is 11.5 Å². The van der Waals surface area contributed by atoms with Crippen molar-refractivity contribution < 1.29 is 9.53 Å². The maximum Gasteiger partial charge on any atom is 0.227 e. The Balaban J connectivity index is 0.00000192. The molecular formula is C18H21ClN2O2. The highest BCUT2D eigenvalue weighted by Crippen LogP contribution is 2.29. The van der Waals surface area contributed by atoms with E-state index in [2.05, 4.69) is 10.6 Å². The molecule has 2 N–H and O–H groups in total. The SMILES string of the molecule is Cl.O=C(Nc1ccccc1Oc1ccccc1)C1CCNCC1. The molecule has 0 bridgehead atoms. The van der Waals surface area contributed by atoms with E-state index in [9.17, 15) is 4.79 Å². The second kappa shape index (κ2) is 8.56. The number of ether oxygens (including phenoxy) is 1. The molecule has 2 aromatic rings. The van der Waals surface area contributed by atoms with Gasteiger partial charge in [-0.15, -0.1) is 12.4 Å². The zero-order chi connectivity index (χ0) is 15.2. The molecule has 1 fully saturated rings. The van der Waals surface area contributed by atoms with Gasteiger partial charge in [-0.05, 0) is 50.2 Å². The highest BCUT2D eigenvalue weighted by Gasteiger charge is 2.21. The zero-order valence-corrected chi connectivity index (χ0v) is 13.6. The van der Waals surface area contributed by atoms with E-state index in [0.717, 1.165) is 37.4 Å². The average molecular weight is 333 g/mol. The van der Waals surface area contributed by atoms with Gasteiger partial charge in [0.1, 0.15) is 5.75 Å². The molecule has 0 radical (unpaired) electrons. The maximum atomic E-state index is 12.4. The number of carbonyl (C=O) groups is 1. The number of amides is 1. The van der Waals surface area contributed by atoms with Crippen LogP contribution in [0.2, 0.25) is 0 Å². The standard InChI is InChI=1S/C18H20N2O2.ClH/c21-18(14-10-12-19-13-11-14)20-16-8-4-5-9-17(16)22-15-6-2-1-3-7-15;/h1-9,14,19H,10-13H2,(H,20,21);1H. The third-order valence-electron chi connectivity index (χ3n) is 3.83. The van der Waals surface area contributed by atoms with Crippen molar-refractivity contribution in [2.24, 2.45) is 5.92 Å². The van der Waals surface area contributed by atoms with Gasteiger partial charge >= 0.3 is 0 Å². The van der Waals surface area contributed by atoms with E-state index in [1.807, 2.05) is 54.6 Å². The largest absolute Gasteiger partial charge is 0.455 e. The molecule has 1 amide bonds. The third-order valence-corrected chi connectivity index (χ3v) is 3.83. The zero-order valence-electron chi connectivity index (χ0n) is 12.8. The van der Waals surface area contributed by atoms with Gasteiger partial charge in [0.15, 0.2) is 5.75 Å². The molecule has 0 spiro atoms. The van der Waals surface area contributed by atoms with Crippen molar-refractivity contribution in [3.05, 3.63) is 54.6 Å². The molecule has 4 nitrogen and oxygen atoms in total. The minimum absolute atomic E-state index is 0. The van der Waals surface area contributed by atoms with Crippen molar-refractivity contribution in [2.45, 2.75) is 12.8 Å². The van der Waals surface area contributed by atoms with Crippen LogP contribution in [0.25, 0.3) is 0 Å². The lowest BCUT2D eigenvalue weighted by Gasteiger charge is -2.22. The van der Waals surface area contributed by atoms with Gasteiger partial charge in [-0.2, -0.15) is 0 Å². The summed E-state index contributed by atoms with van der Waals surface area (Å²) in [7, 11) is 0. The van der Waals surface area contributed by atoms with E-state index in [0.29, 0.717) is 5.75 Å². The summed E-state index contributed by atoms with van der Waals surface area (Å²) in [5.41, 5.74) is 0.717. The van der Waals surface area contributed by atoms with Crippen molar-refractivity contribution in [1.29, 1.82) is 0 Å². The van der Waals surface area contributed by atoms with Gasteiger partial charge in [0.2, 0.25) is 5.91 Å². The first-order valence-corrected chi connectivity index (χ1v) is 7.66. The second-order valence-electron chi connectivity index (χ2n) is 5.42. The minimum Gasteiger partial charge on any atom is -0.455 e. The quantitative estimate of drug-likeness (QED) is 0.894. The Morgan fingerprint density at radius 1 is 1.00 bits per heavy atom. The molecule has 0 aliphatic carbocycles. The smallest absolute Gasteiger partial charge is 0.227 e. The Labute approximate surface area is 142 Å². The Kier molecular flexibility index (Phi) is 6.44. The van der Waals surface area contributed by atoms with Crippen molar-refractivity contribution in [1.82, 2.24) is 5.32 Å². The third kappa shape index (κ3) is 4.71. The lowest BCUT2D eigenvalue weighted by atomic mass is 9.97. The van der Waals surface area contributed by atoms with Gasteiger partial charge in [-0.3, -0.25) is 4.79 Å². The number of hydrogen-bond acceptors (Lipinski definition) is 3. The predicted molar refractivity (Wildman–Crippen MR) is 94.4 cm³/mol. The Hall–Kier alpha value is -2.04. The van der Waals surface area contributed by atoms with E-state index in [4.69, 9.17) is 4.74 Å². The first-order chi connectivity index (χ1) is 10.8. The first kappa shape index (κ1) is 17.3. The topological polar surface area (TPSA) is 50.4 Å². The monoisotopic (exact) mass is 332 g/mol. The van der Waals surface area contributed by atoms with Crippen LogP contribution in [0.4, 0.5) is 5.69 Å². The van der Waals surface area contributed by atoms with Crippen molar-refractivity contribution in [2.75, 3.05) is 18.4 Å². The summed E-state index contributed by atoms with van der Waals surface area (Å²) in [5.74, 6) is 1.57. The molecule has 0 unspecified atom stereocenters. The predicted octanol–water partition coefficient (Wildman–Crippen LogP) is 3.84. The second-order valence-corrected chi connectivity index (χ2v) is 5.42. The molecule has 1 aliphatic rings. The molecule has 1 saturated heterocycles. The van der Waals surface area contributed by atoms with E-state index in [-0.39, 0.29) is 24.2 Å². The summed E-state index contributed by atoms with van der Waals surface area (Å²) in [5, 5.41) is 6.28. The van der Waals surface area contributed by atoms with E-state index in [1.165, 1.54) is 0 Å². The molecule has 5 heteroatoms. The summed E-state index contributed by atoms with van der Waals surface area (Å²) in [6, 6.07) is 17.1. The van der Waals surface area contributed by atoms with Crippen LogP contribution in [-0.2, 0) is 4.79 Å². The van der Waals surface area contributed by atoms with Crippen molar-refractivity contribution >= 4 is 24.0 Å². The number of anilines is 1. The number of rotatable bonds is 4. The van der Waals surface area contributed by atoms with E-state index < -0.39 is 0 Å². The fraction of sp³-hybridized carbons (Fsp3) is 0.278. The Morgan fingerprint density at radius 3 is 2.39 bits per heavy atom. The summed E-state index contributed by atoms with van der Waals surface area (Å²) >= 11 is 0. The average Bonchev–Trinajstić information content (AvgIpc) is 2.58. The summed E-state index contributed by atoms with van der Waals surface area (Å²) < 4.78 is 5.87. The van der Waals surface area contributed by atoms with Crippen LogP contribution in [0.3, 0.4) is 0 Å². The number of para-hydroxylation sites is 3. The van der Waals surface area contributed by atoms with Gasteiger partial charge in [0.05, 0.1) is 5.69 Å². The highest BCUT2D eigenvalue weighted by atomic mass is 35.5. The summed E-state index contributed by atoms with van der Waals surface area (Å²) in [6.45, 7) is 1.81. The van der Waals surface area contributed by atoms with Gasteiger partial charge in [-0.1, -0.05) is 30.3 Å². The Morgan fingerprint density at radius 2 is 1.65 bits per heavy atom. The van der Waals surface area contributed by atoms with Gasteiger partial charge in [0.25, 0.3) is 0 Å². The van der Waals surface area contributed by atoms with Crippen LogP contribution in [0.15, 0.2) is 54.6 Å². The summed E-state index contributed by atoms with van der Waals surface area (Å²) in [6.07, 6.45) is 1.76. The van der Waals surface area contributed by atoms with Gasteiger partial charge < -0.3 is 15.4 Å². The number of halogens is 1. The van der Waals surface area contributed by atoms with Crippen LogP contribution in [0, 0.1) is 5.92 Å². The molecule has 0 atom stereocenters. The number of nitrogens with one attached hydrogen (secondary N) is 2. The van der Waals surface area contributed by atoms with Gasteiger partial charge in [0, 0.05) is 5.92 Å². The first-order valence-electron chi connectivity index (χ1n) is 7.66. The molecule has 122 valence electrons. The molecule has 3 rings (SSSR count). The lowest BCUT2D eigenvalue weighted by Crippen LogP contribution is -2.34. The fourth-order valence-corrected chi connectivity index (χ4v) is 2.59. The van der Waals surface area contributed by atoms with Crippen LogP contribution in [0.5, 0.6) is 11.5 Å². The molecule has 0 saturated carbocycles. The number of hydrogen-bond donors (Lipinski definition) is 2. The van der Waals surface area contributed by atoms with Crippen LogP contribution >= 0.6 is 12.4 Å². The van der Waals surface area contributed by atoms with Crippen LogP contribution < -0.4 is 15.4 Å². The molecule has 23 heavy (non-hydrogen) atoms. The molecule has 1 aliphatic heterocycles. The highest BCUT2D eigenvalue weighted by molar-refractivity contribution is 5.94. The maximum absolute atomic E-state index is 12.4. The molecule has 2 aromatic carbocycles. The fourth-order valence-electron chi connectivity index (χ4n) is 2.59. The van der Waals surface area contributed by atoms with Crippen LogP contribution in [-0.4, -0.2) is 19.0 Å². The van der Waals surface area contributed by atoms with Gasteiger partial charge in [-0.25, -0.2) is 0 Å². The van der Waals surface area contributed by atoms with E-state index >= 15 is 0 Å². The molecular weight excluding hydrogens is 312 g/mol. The van der Waals surface area contributed by atoms with Crippen molar-refractivity contribution in [3.63, 3.8) is 0 Å². The van der Waals surface area contributed by atoms with Crippen LogP contribution in [0.1, 0.15) is 12.8 Å². The minimum atomic E-state index is 0. The van der Waals surface area contributed by atoms with E-state index in [1.54, 1.807) is 0 Å². The number of carbonyl (C=O) groups excluding carboxylic acids is 1.